The van der Waals surface area contributed by atoms with Crippen LogP contribution in [0, 0.1) is 11.3 Å². The predicted octanol–water partition coefficient (Wildman–Crippen LogP) is 7.84. The van der Waals surface area contributed by atoms with Crippen LogP contribution >= 0.6 is 11.8 Å². The highest BCUT2D eigenvalue weighted by atomic mass is 32.2. The zero-order valence-electron chi connectivity index (χ0n) is 25.3. The first-order valence-corrected chi connectivity index (χ1v) is 17.7. The minimum Gasteiger partial charge on any atom is -0.464 e. The fourth-order valence-electron chi connectivity index (χ4n) is 5.83. The van der Waals surface area contributed by atoms with E-state index >= 15 is 0 Å². The molecule has 9 heteroatoms. The number of ether oxygens (including phenoxy) is 2. The smallest absolute Gasteiger partial charge is 0.333 e. The van der Waals surface area contributed by atoms with Gasteiger partial charge in [-0.25, -0.2) is 4.79 Å². The summed E-state index contributed by atoms with van der Waals surface area (Å²) >= 11 is 1.54. The Morgan fingerprint density at radius 2 is 1.88 bits per heavy atom. The van der Waals surface area contributed by atoms with Gasteiger partial charge in [0.25, 0.3) is 0 Å². The third-order valence-corrected chi connectivity index (χ3v) is 10.8. The van der Waals surface area contributed by atoms with E-state index in [-0.39, 0.29) is 23.8 Å². The molecule has 1 aliphatic heterocycles. The summed E-state index contributed by atoms with van der Waals surface area (Å²) in [5.41, 5.74) is 2.56. The number of carbonyl (C=O) groups is 2. The van der Waals surface area contributed by atoms with Crippen molar-refractivity contribution >= 4 is 51.5 Å². The highest BCUT2D eigenvalue weighted by Gasteiger charge is 2.38. The van der Waals surface area contributed by atoms with Crippen molar-refractivity contribution in [3.05, 3.63) is 48.7 Å². The number of carbonyl (C=O) groups excluding carboxylic acids is 2. The number of benzene rings is 2. The molecule has 228 valence electrons. The van der Waals surface area contributed by atoms with E-state index < -0.39 is 16.8 Å². The number of rotatable bonds is 12. The van der Waals surface area contributed by atoms with Gasteiger partial charge in [-0.15, -0.1) is 11.8 Å². The molecular formula is C33H44N2O5S2. The number of unbranched alkanes of at least 4 members (excludes halogenated alkanes) is 1. The molecule has 1 N–H and O–H groups in total. The van der Waals surface area contributed by atoms with Crippen LogP contribution in [-0.4, -0.2) is 41.2 Å². The molecule has 42 heavy (non-hydrogen) atoms. The summed E-state index contributed by atoms with van der Waals surface area (Å²) in [7, 11) is -1.26. The van der Waals surface area contributed by atoms with Gasteiger partial charge in [-0.1, -0.05) is 39.5 Å². The zero-order valence-corrected chi connectivity index (χ0v) is 26.9. The number of esters is 1. The molecule has 0 radical (unpaired) electrons. The lowest BCUT2D eigenvalue weighted by atomic mass is 9.81. The Labute approximate surface area is 257 Å². The minimum absolute atomic E-state index is 0.106. The van der Waals surface area contributed by atoms with Gasteiger partial charge in [-0.2, -0.15) is 0 Å². The molecule has 0 bridgehead atoms. The van der Waals surface area contributed by atoms with Crippen molar-refractivity contribution in [1.82, 2.24) is 0 Å². The second-order valence-corrected chi connectivity index (χ2v) is 13.5. The van der Waals surface area contributed by atoms with E-state index in [0.717, 1.165) is 84.8 Å². The largest absolute Gasteiger partial charge is 0.464 e. The Balaban J connectivity index is 1.71. The van der Waals surface area contributed by atoms with E-state index in [4.69, 9.17) is 9.47 Å². The summed E-state index contributed by atoms with van der Waals surface area (Å²) < 4.78 is 24.9. The quantitative estimate of drug-likeness (QED) is 0.113. The molecule has 1 amide bonds. The van der Waals surface area contributed by atoms with Gasteiger partial charge in [-0.05, 0) is 74.6 Å². The van der Waals surface area contributed by atoms with Gasteiger partial charge in [-0.3, -0.25) is 9.00 Å². The van der Waals surface area contributed by atoms with Gasteiger partial charge in [0.2, 0.25) is 5.91 Å². The molecule has 0 aromatic heterocycles. The number of amides is 1. The maximum atomic E-state index is 14.0. The van der Waals surface area contributed by atoms with Crippen LogP contribution in [0.25, 0.3) is 0 Å². The van der Waals surface area contributed by atoms with Crippen molar-refractivity contribution < 1.29 is 23.3 Å². The van der Waals surface area contributed by atoms with E-state index in [1.54, 1.807) is 6.92 Å². The van der Waals surface area contributed by atoms with Crippen molar-refractivity contribution in [2.45, 2.75) is 81.9 Å². The molecule has 1 aliphatic carbocycles. The average molecular weight is 613 g/mol. The Kier molecular flexibility index (Phi) is 11.6. The number of nitrogens with zero attached hydrogens (tertiary/aromatic N) is 1. The van der Waals surface area contributed by atoms with Crippen molar-refractivity contribution in [2.75, 3.05) is 35.4 Å². The lowest BCUT2D eigenvalue weighted by Crippen LogP contribution is -2.37. The van der Waals surface area contributed by atoms with Crippen molar-refractivity contribution in [3.8, 4) is 5.75 Å². The fourth-order valence-corrected chi connectivity index (χ4v) is 8.16. The van der Waals surface area contributed by atoms with Crippen LogP contribution in [0.1, 0.15) is 72.1 Å². The Bertz CT molecular complexity index is 1290. The summed E-state index contributed by atoms with van der Waals surface area (Å²) in [5.74, 6) is 0.861. The number of nitrogens with one attached hydrogen (secondary N) is 1. The standard InChI is InChI=1S/C33H44N2O5S2/c1-5-8-18-33(6-2)22-35(26-15-13-25(14-16-26)34-32(37)24-11-9-10-12-24)27-20-29(41-4)28(21-30(27)42(38)23-33)40-19-17-31(36)39-7-3/h13-17,19-21,24H,5-12,18,22-23H2,1-4H3,(H,34,37)/b19-17+. The number of hydrogen-bond donors (Lipinski definition) is 1. The first-order valence-electron chi connectivity index (χ1n) is 15.1. The zero-order chi connectivity index (χ0) is 30.1. The third-order valence-electron chi connectivity index (χ3n) is 8.38. The molecule has 0 saturated heterocycles. The molecule has 2 aromatic carbocycles. The second kappa shape index (κ2) is 15.1. The fraction of sp³-hybridized carbons (Fsp3) is 0.515. The Morgan fingerprint density at radius 1 is 1.14 bits per heavy atom. The molecular weight excluding hydrogens is 569 g/mol. The maximum Gasteiger partial charge on any atom is 0.333 e. The van der Waals surface area contributed by atoms with Crippen LogP contribution in [0.2, 0.25) is 0 Å². The van der Waals surface area contributed by atoms with Crippen LogP contribution in [-0.2, 0) is 25.1 Å². The van der Waals surface area contributed by atoms with Crippen molar-refractivity contribution in [3.63, 3.8) is 0 Å². The summed E-state index contributed by atoms with van der Waals surface area (Å²) in [5, 5.41) is 3.10. The molecule has 2 unspecified atom stereocenters. The van der Waals surface area contributed by atoms with Gasteiger partial charge in [0.1, 0.15) is 5.75 Å². The van der Waals surface area contributed by atoms with Crippen LogP contribution in [0.3, 0.4) is 0 Å². The van der Waals surface area contributed by atoms with Crippen LogP contribution < -0.4 is 15.0 Å². The van der Waals surface area contributed by atoms with Gasteiger partial charge >= 0.3 is 5.97 Å². The van der Waals surface area contributed by atoms with E-state index in [2.05, 4.69) is 24.1 Å². The molecule has 0 spiro atoms. The molecule has 4 rings (SSSR count). The van der Waals surface area contributed by atoms with Crippen LogP contribution in [0.4, 0.5) is 17.1 Å². The summed E-state index contributed by atoms with van der Waals surface area (Å²) in [6, 6.07) is 11.9. The van der Waals surface area contributed by atoms with Crippen molar-refractivity contribution in [1.29, 1.82) is 0 Å². The molecule has 1 fully saturated rings. The summed E-state index contributed by atoms with van der Waals surface area (Å²) in [6.45, 7) is 7.18. The number of hydrogen-bond acceptors (Lipinski definition) is 7. The first kappa shape index (κ1) is 32.1. The number of fused-ring (bicyclic) bond motifs is 1. The molecule has 7 nitrogen and oxygen atoms in total. The van der Waals surface area contributed by atoms with E-state index in [0.29, 0.717) is 11.5 Å². The maximum absolute atomic E-state index is 14.0. The molecule has 2 aromatic rings. The van der Waals surface area contributed by atoms with E-state index in [9.17, 15) is 13.8 Å². The Hall–Kier alpha value is -2.78. The summed E-state index contributed by atoms with van der Waals surface area (Å²) in [4.78, 5) is 28.4. The highest BCUT2D eigenvalue weighted by Crippen LogP contribution is 2.46. The molecule has 1 heterocycles. The van der Waals surface area contributed by atoms with Gasteiger partial charge in [0, 0.05) is 35.7 Å². The monoisotopic (exact) mass is 612 g/mol. The third kappa shape index (κ3) is 7.78. The average Bonchev–Trinajstić information content (AvgIpc) is 3.51. The molecule has 2 aliphatic rings. The SMILES string of the molecule is CCCCC1(CC)CN(c2ccc(NC(=O)C3CCCC3)cc2)c2cc(SC)c(O/C=C/C(=O)OCC)cc2S(=O)C1. The van der Waals surface area contributed by atoms with Gasteiger partial charge in [0.15, 0.2) is 0 Å². The van der Waals surface area contributed by atoms with Crippen molar-refractivity contribution in [2.24, 2.45) is 11.3 Å². The molecule has 2 atom stereocenters. The normalized spacial score (nSPS) is 20.8. The van der Waals surface area contributed by atoms with Gasteiger partial charge < -0.3 is 19.7 Å². The lowest BCUT2D eigenvalue weighted by molar-refractivity contribution is -0.137. The van der Waals surface area contributed by atoms with E-state index in [1.807, 2.05) is 42.7 Å². The second-order valence-electron chi connectivity index (χ2n) is 11.2. The Morgan fingerprint density at radius 3 is 2.52 bits per heavy atom. The summed E-state index contributed by atoms with van der Waals surface area (Å²) in [6.07, 6.45) is 12.8. The van der Waals surface area contributed by atoms with E-state index in [1.165, 1.54) is 24.1 Å². The lowest BCUT2D eigenvalue weighted by Gasteiger charge is -2.36. The minimum atomic E-state index is -1.26. The number of thioether (sulfide) groups is 1. The number of anilines is 3. The van der Waals surface area contributed by atoms with Crippen LogP contribution in [0.15, 0.2) is 58.5 Å². The first-order chi connectivity index (χ1) is 20.3. The topological polar surface area (TPSA) is 84.9 Å². The highest BCUT2D eigenvalue weighted by molar-refractivity contribution is 7.98. The van der Waals surface area contributed by atoms with Crippen LogP contribution in [0.5, 0.6) is 5.75 Å². The molecule has 1 saturated carbocycles. The predicted molar refractivity (Wildman–Crippen MR) is 172 cm³/mol. The van der Waals surface area contributed by atoms with Gasteiger partial charge in [0.05, 0.1) is 45.2 Å².